The highest BCUT2D eigenvalue weighted by molar-refractivity contribution is 7.13. The Labute approximate surface area is 157 Å². The van der Waals surface area contributed by atoms with Gasteiger partial charge in [-0.05, 0) is 38.5 Å². The van der Waals surface area contributed by atoms with Gasteiger partial charge in [0, 0.05) is 11.6 Å². The van der Waals surface area contributed by atoms with Gasteiger partial charge < -0.3 is 4.74 Å². The van der Waals surface area contributed by atoms with Crippen LogP contribution in [0.5, 0.6) is 0 Å². The summed E-state index contributed by atoms with van der Waals surface area (Å²) in [5, 5.41) is 2.72. The third kappa shape index (κ3) is 3.60. The van der Waals surface area contributed by atoms with Crippen LogP contribution in [0.1, 0.15) is 26.0 Å². The van der Waals surface area contributed by atoms with E-state index in [0.717, 1.165) is 46.2 Å². The second-order valence-electron chi connectivity index (χ2n) is 5.96. The molecule has 0 amide bonds. The van der Waals surface area contributed by atoms with Crippen molar-refractivity contribution < 1.29 is 4.74 Å². The van der Waals surface area contributed by atoms with E-state index in [0.29, 0.717) is 5.13 Å². The molecule has 5 nitrogen and oxygen atoms in total. The number of fused-ring (bicyclic) bond motifs is 1. The van der Waals surface area contributed by atoms with E-state index < -0.39 is 0 Å². The van der Waals surface area contributed by atoms with Gasteiger partial charge >= 0.3 is 0 Å². The van der Waals surface area contributed by atoms with Gasteiger partial charge in [0.05, 0.1) is 24.2 Å². The lowest BCUT2D eigenvalue weighted by molar-refractivity contribution is 0.313. The highest BCUT2D eigenvalue weighted by atomic mass is 32.1. The summed E-state index contributed by atoms with van der Waals surface area (Å²) in [5.41, 5.74) is 5.52. The Morgan fingerprint density at radius 3 is 2.88 bits per heavy atom. The number of pyridine rings is 1. The van der Waals surface area contributed by atoms with E-state index in [1.807, 2.05) is 56.6 Å². The van der Waals surface area contributed by atoms with Gasteiger partial charge in [-0.25, -0.2) is 15.0 Å². The Bertz CT molecular complexity index is 1010. The van der Waals surface area contributed by atoms with E-state index in [2.05, 4.69) is 16.0 Å². The van der Waals surface area contributed by atoms with Crippen LogP contribution in [0.4, 0.5) is 5.13 Å². The lowest BCUT2D eigenvalue weighted by Crippen LogP contribution is -2.03. The number of ether oxygens (including phenoxy) is 1. The molecular formula is C20H22N4OS. The largest absolute Gasteiger partial charge is 0.495 e. The summed E-state index contributed by atoms with van der Waals surface area (Å²) in [5.74, 6) is 0.725. The van der Waals surface area contributed by atoms with Crippen molar-refractivity contribution in [2.75, 3.05) is 7.11 Å². The summed E-state index contributed by atoms with van der Waals surface area (Å²) in [6.07, 6.45) is 4.64. The molecule has 0 unspecified atom stereocenters. The molecule has 3 aromatic rings. The number of aryl methyl sites for hydroxylation is 1. The quantitative estimate of drug-likeness (QED) is 0.335. The predicted molar refractivity (Wildman–Crippen MR) is 108 cm³/mol. The van der Waals surface area contributed by atoms with Crippen molar-refractivity contribution in [3.8, 4) is 11.4 Å². The molecule has 3 rings (SSSR count). The van der Waals surface area contributed by atoms with Crippen molar-refractivity contribution in [1.82, 2.24) is 14.4 Å². The second kappa shape index (κ2) is 7.66. The molecule has 0 aromatic carbocycles. The van der Waals surface area contributed by atoms with Crippen molar-refractivity contribution in [3.05, 3.63) is 59.5 Å². The van der Waals surface area contributed by atoms with E-state index in [-0.39, 0.29) is 0 Å². The Kier molecular flexibility index (Phi) is 5.32. The molecule has 0 atom stereocenters. The first-order valence-electron chi connectivity index (χ1n) is 8.42. The molecule has 3 aromatic heterocycles. The average molecular weight is 366 g/mol. The van der Waals surface area contributed by atoms with Crippen LogP contribution in [-0.2, 0) is 4.74 Å². The number of imidazole rings is 1. The molecule has 0 saturated heterocycles. The van der Waals surface area contributed by atoms with Gasteiger partial charge in [0.15, 0.2) is 0 Å². The summed E-state index contributed by atoms with van der Waals surface area (Å²) in [6.45, 7) is 9.89. The number of aromatic nitrogens is 3. The first-order valence-corrected chi connectivity index (χ1v) is 9.30. The minimum absolute atomic E-state index is 0.701. The van der Waals surface area contributed by atoms with Crippen LogP contribution in [-0.4, -0.2) is 27.2 Å². The zero-order valence-corrected chi connectivity index (χ0v) is 16.3. The summed E-state index contributed by atoms with van der Waals surface area (Å²) < 4.78 is 7.53. The summed E-state index contributed by atoms with van der Waals surface area (Å²) in [4.78, 5) is 14.0. The van der Waals surface area contributed by atoms with Crippen molar-refractivity contribution in [2.45, 2.75) is 27.2 Å². The average Bonchev–Trinajstić information content (AvgIpc) is 3.20. The van der Waals surface area contributed by atoms with Gasteiger partial charge in [0.25, 0.3) is 0 Å². The monoisotopic (exact) mass is 366 g/mol. The SMILES string of the molecule is C=C(C)/C=C(/OC)C(CC)=Nc1nc(-c2c(C)nc3ccccn23)cs1. The maximum atomic E-state index is 5.47. The molecule has 26 heavy (non-hydrogen) atoms. The maximum Gasteiger partial charge on any atom is 0.210 e. The van der Waals surface area contributed by atoms with E-state index in [9.17, 15) is 0 Å². The zero-order valence-electron chi connectivity index (χ0n) is 15.5. The molecule has 0 radical (unpaired) electrons. The van der Waals surface area contributed by atoms with Crippen LogP contribution in [0, 0.1) is 6.92 Å². The van der Waals surface area contributed by atoms with Gasteiger partial charge in [-0.2, -0.15) is 0 Å². The Balaban J connectivity index is 2.01. The van der Waals surface area contributed by atoms with Crippen LogP contribution in [0.3, 0.4) is 0 Å². The van der Waals surface area contributed by atoms with Gasteiger partial charge in [0.2, 0.25) is 5.13 Å². The lowest BCUT2D eigenvalue weighted by atomic mass is 10.2. The van der Waals surface area contributed by atoms with Crippen LogP contribution < -0.4 is 0 Å². The zero-order chi connectivity index (χ0) is 18.7. The summed E-state index contributed by atoms with van der Waals surface area (Å²) in [7, 11) is 1.65. The molecule has 0 saturated carbocycles. The van der Waals surface area contributed by atoms with E-state index in [4.69, 9.17) is 14.7 Å². The molecular weight excluding hydrogens is 344 g/mol. The fourth-order valence-corrected chi connectivity index (χ4v) is 3.45. The Hall–Kier alpha value is -2.73. The highest BCUT2D eigenvalue weighted by Crippen LogP contribution is 2.30. The summed E-state index contributed by atoms with van der Waals surface area (Å²) in [6, 6.07) is 5.96. The molecule has 0 spiro atoms. The van der Waals surface area contributed by atoms with E-state index >= 15 is 0 Å². The number of allylic oxidation sites excluding steroid dienone is 3. The Morgan fingerprint density at radius 1 is 1.38 bits per heavy atom. The standard InChI is InChI=1S/C20H22N4OS/c1-6-15(17(25-5)11-13(2)3)22-20-23-16(12-26-20)19-14(4)21-18-9-7-8-10-24(18)19/h7-12H,2,6H2,1,3-5H3/b17-11+,22-15?. The fraction of sp³-hybridized carbons (Fsp3) is 0.250. The third-order valence-corrected chi connectivity index (χ3v) is 4.62. The van der Waals surface area contributed by atoms with Gasteiger partial charge in [-0.15, -0.1) is 11.3 Å². The first-order chi connectivity index (χ1) is 12.5. The molecule has 3 heterocycles. The molecule has 0 bridgehead atoms. The number of rotatable bonds is 6. The van der Waals surface area contributed by atoms with Crippen LogP contribution in [0.15, 0.2) is 58.8 Å². The molecule has 0 aliphatic rings. The molecule has 0 fully saturated rings. The van der Waals surface area contributed by atoms with Crippen LogP contribution in [0.25, 0.3) is 17.0 Å². The first kappa shape index (κ1) is 18.1. The van der Waals surface area contributed by atoms with Crippen molar-refractivity contribution in [1.29, 1.82) is 0 Å². The van der Waals surface area contributed by atoms with Gasteiger partial charge in [-0.3, -0.25) is 4.40 Å². The summed E-state index contributed by atoms with van der Waals surface area (Å²) >= 11 is 1.51. The van der Waals surface area contributed by atoms with E-state index in [1.54, 1.807) is 7.11 Å². The van der Waals surface area contributed by atoms with Crippen LogP contribution in [0.2, 0.25) is 0 Å². The fourth-order valence-electron chi connectivity index (χ4n) is 2.75. The molecule has 0 aliphatic heterocycles. The number of hydrogen-bond acceptors (Lipinski definition) is 5. The van der Waals surface area contributed by atoms with Crippen molar-refractivity contribution in [2.24, 2.45) is 4.99 Å². The predicted octanol–water partition coefficient (Wildman–Crippen LogP) is 5.36. The lowest BCUT2D eigenvalue weighted by Gasteiger charge is -2.07. The number of nitrogens with zero attached hydrogens (tertiary/aromatic N) is 4. The van der Waals surface area contributed by atoms with Crippen molar-refractivity contribution >= 4 is 27.8 Å². The number of methoxy groups -OCH3 is 1. The third-order valence-electron chi connectivity index (χ3n) is 3.89. The minimum atomic E-state index is 0.701. The van der Waals surface area contributed by atoms with Crippen molar-refractivity contribution in [3.63, 3.8) is 0 Å². The normalized spacial score (nSPS) is 12.6. The van der Waals surface area contributed by atoms with Gasteiger partial charge in [-0.1, -0.05) is 25.1 Å². The molecule has 6 heteroatoms. The maximum absolute atomic E-state index is 5.47. The van der Waals surface area contributed by atoms with Gasteiger partial charge in [0.1, 0.15) is 17.1 Å². The molecule has 0 N–H and O–H groups in total. The second-order valence-corrected chi connectivity index (χ2v) is 6.80. The number of hydrogen-bond donors (Lipinski definition) is 0. The van der Waals surface area contributed by atoms with Crippen LogP contribution >= 0.6 is 11.3 Å². The van der Waals surface area contributed by atoms with E-state index in [1.165, 1.54) is 11.3 Å². The number of thiazole rings is 1. The molecule has 0 aliphatic carbocycles. The highest BCUT2D eigenvalue weighted by Gasteiger charge is 2.14. The molecule has 134 valence electrons. The number of aliphatic imine (C=N–C) groups is 1. The smallest absolute Gasteiger partial charge is 0.210 e. The topological polar surface area (TPSA) is 51.8 Å². The minimum Gasteiger partial charge on any atom is -0.495 e. The Morgan fingerprint density at radius 2 is 2.19 bits per heavy atom.